The van der Waals surface area contributed by atoms with Gasteiger partial charge in [0.15, 0.2) is 5.78 Å². The number of ketones is 1. The number of aliphatic hydroxyl groups is 1. The SMILES string of the molecule is C/C(O)=C/C(=O)Cc1ccccc1-c1cc(-c2ccccc2-c2ccc(-c3ccccn3)cc2)cc(-c2ccccc2-c2ccc(-c3ccccn3)cc2)c1. The van der Waals surface area contributed by atoms with E-state index in [0.717, 1.165) is 83.7 Å². The van der Waals surface area contributed by atoms with Gasteiger partial charge in [0.1, 0.15) is 0 Å². The first-order valence-corrected chi connectivity index (χ1v) is 18.4. The van der Waals surface area contributed by atoms with Crippen molar-refractivity contribution < 1.29 is 9.90 Å². The number of nitrogens with zero attached hydrogens (tertiary/aromatic N) is 2. The minimum Gasteiger partial charge on any atom is -0.512 e. The minimum absolute atomic E-state index is 0.00103. The summed E-state index contributed by atoms with van der Waals surface area (Å²) in [5.41, 5.74) is 15.6. The van der Waals surface area contributed by atoms with Gasteiger partial charge in [0.2, 0.25) is 0 Å². The van der Waals surface area contributed by atoms with Crippen molar-refractivity contribution in [3.63, 3.8) is 0 Å². The average molecular weight is 711 g/mol. The van der Waals surface area contributed by atoms with E-state index in [-0.39, 0.29) is 18.0 Å². The lowest BCUT2D eigenvalue weighted by Gasteiger charge is -2.18. The summed E-state index contributed by atoms with van der Waals surface area (Å²) in [6, 6.07) is 60.9. The maximum absolute atomic E-state index is 13.0. The molecule has 264 valence electrons. The van der Waals surface area contributed by atoms with Gasteiger partial charge in [-0.15, -0.1) is 0 Å². The molecule has 2 heterocycles. The lowest BCUT2D eigenvalue weighted by atomic mass is 9.86. The van der Waals surface area contributed by atoms with E-state index in [1.807, 2.05) is 67.0 Å². The Labute approximate surface area is 321 Å². The molecule has 1 N–H and O–H groups in total. The molecule has 0 aliphatic heterocycles. The predicted molar refractivity (Wildman–Crippen MR) is 225 cm³/mol. The summed E-state index contributed by atoms with van der Waals surface area (Å²) < 4.78 is 0. The second-order valence-electron chi connectivity index (χ2n) is 13.6. The monoisotopic (exact) mass is 710 g/mol. The van der Waals surface area contributed by atoms with Gasteiger partial charge in [-0.05, 0) is 111 Å². The molecule has 0 fully saturated rings. The quantitative estimate of drug-likeness (QED) is 0.113. The third kappa shape index (κ3) is 7.80. The van der Waals surface area contributed by atoms with Crippen LogP contribution < -0.4 is 0 Å². The molecule has 0 aliphatic carbocycles. The fourth-order valence-corrected chi connectivity index (χ4v) is 7.20. The minimum atomic E-state index is -0.150. The van der Waals surface area contributed by atoms with Crippen LogP contribution in [0.4, 0.5) is 0 Å². The third-order valence-electron chi connectivity index (χ3n) is 9.79. The van der Waals surface area contributed by atoms with Crippen molar-refractivity contribution in [3.8, 4) is 78.1 Å². The van der Waals surface area contributed by atoms with Crippen LogP contribution in [-0.4, -0.2) is 20.9 Å². The van der Waals surface area contributed by atoms with Crippen LogP contribution in [0.3, 0.4) is 0 Å². The highest BCUT2D eigenvalue weighted by Gasteiger charge is 2.16. The topological polar surface area (TPSA) is 63.1 Å². The van der Waals surface area contributed by atoms with Crippen LogP contribution in [0.5, 0.6) is 0 Å². The van der Waals surface area contributed by atoms with E-state index in [2.05, 4.69) is 131 Å². The summed E-state index contributed by atoms with van der Waals surface area (Å²) in [5.74, 6) is -0.149. The molecule has 0 saturated carbocycles. The molecule has 0 saturated heterocycles. The summed E-state index contributed by atoms with van der Waals surface area (Å²) in [5, 5.41) is 9.83. The van der Waals surface area contributed by atoms with Gasteiger partial charge < -0.3 is 5.11 Å². The van der Waals surface area contributed by atoms with E-state index in [1.165, 1.54) is 13.0 Å². The second-order valence-corrected chi connectivity index (χ2v) is 13.6. The van der Waals surface area contributed by atoms with Crippen LogP contribution >= 0.6 is 0 Å². The molecular weight excluding hydrogens is 673 g/mol. The fourth-order valence-electron chi connectivity index (χ4n) is 7.20. The van der Waals surface area contributed by atoms with E-state index in [0.29, 0.717) is 0 Å². The molecule has 0 atom stereocenters. The third-order valence-corrected chi connectivity index (χ3v) is 9.79. The van der Waals surface area contributed by atoms with Crippen LogP contribution in [0.1, 0.15) is 12.5 Å². The van der Waals surface area contributed by atoms with Crippen LogP contribution in [0.15, 0.2) is 200 Å². The van der Waals surface area contributed by atoms with Crippen LogP contribution in [0.25, 0.3) is 78.1 Å². The largest absolute Gasteiger partial charge is 0.512 e. The summed E-state index contributed by atoms with van der Waals surface area (Å²) >= 11 is 0. The van der Waals surface area contributed by atoms with Gasteiger partial charge >= 0.3 is 0 Å². The van der Waals surface area contributed by atoms with Gasteiger partial charge in [-0.25, -0.2) is 0 Å². The molecule has 0 aliphatic rings. The van der Waals surface area contributed by atoms with Crippen LogP contribution in [0, 0.1) is 0 Å². The van der Waals surface area contributed by atoms with E-state index in [9.17, 15) is 9.90 Å². The molecule has 8 rings (SSSR count). The van der Waals surface area contributed by atoms with Crippen LogP contribution in [0.2, 0.25) is 0 Å². The summed E-state index contributed by atoms with van der Waals surface area (Å²) in [4.78, 5) is 22.1. The number of rotatable bonds is 10. The zero-order chi connectivity index (χ0) is 37.6. The summed E-state index contributed by atoms with van der Waals surface area (Å²) in [6.07, 6.45) is 5.10. The Kier molecular flexibility index (Phi) is 10.0. The van der Waals surface area contributed by atoms with E-state index in [1.54, 1.807) is 0 Å². The van der Waals surface area contributed by atoms with Crippen molar-refractivity contribution in [2.75, 3.05) is 0 Å². The van der Waals surface area contributed by atoms with Crippen molar-refractivity contribution in [2.24, 2.45) is 0 Å². The molecule has 4 nitrogen and oxygen atoms in total. The van der Waals surface area contributed by atoms with Crippen molar-refractivity contribution in [2.45, 2.75) is 13.3 Å². The standard InChI is InChI=1S/C51H38N2O2/c1-35(54)30-44(55)34-40-12-2-3-13-45(40)41-31-42(48-16-6-4-14-46(48)36-20-24-38(25-21-36)50-18-8-10-28-52-50)33-43(32-41)49-17-7-5-15-47(49)37-22-26-39(27-23-37)51-19-9-11-29-53-51/h2-33,54H,34H2,1H3/b35-30-. The zero-order valence-corrected chi connectivity index (χ0v) is 30.4. The maximum atomic E-state index is 13.0. The smallest absolute Gasteiger partial charge is 0.163 e. The molecule has 0 unspecified atom stereocenters. The predicted octanol–water partition coefficient (Wildman–Crippen LogP) is 12.7. The number of carbonyl (C=O) groups excluding carboxylic acids is 1. The summed E-state index contributed by atoms with van der Waals surface area (Å²) in [7, 11) is 0. The lowest BCUT2D eigenvalue weighted by Crippen LogP contribution is -2.02. The molecule has 0 amide bonds. The molecule has 8 aromatic rings. The molecule has 6 aromatic carbocycles. The van der Waals surface area contributed by atoms with Crippen molar-refractivity contribution in [3.05, 3.63) is 206 Å². The number of benzene rings is 6. The van der Waals surface area contributed by atoms with Crippen molar-refractivity contribution in [1.82, 2.24) is 9.97 Å². The Morgan fingerprint density at radius 3 is 1.24 bits per heavy atom. The number of aromatic nitrogens is 2. The second kappa shape index (κ2) is 15.8. The van der Waals surface area contributed by atoms with Crippen molar-refractivity contribution in [1.29, 1.82) is 0 Å². The van der Waals surface area contributed by atoms with Gasteiger partial charge in [-0.2, -0.15) is 0 Å². The molecule has 0 spiro atoms. The lowest BCUT2D eigenvalue weighted by molar-refractivity contribution is -0.114. The number of allylic oxidation sites excluding steroid dienone is 2. The first kappa shape index (κ1) is 34.9. The Hall–Kier alpha value is -7.17. The Morgan fingerprint density at radius 1 is 0.455 bits per heavy atom. The van der Waals surface area contributed by atoms with Gasteiger partial charge in [0.25, 0.3) is 0 Å². The van der Waals surface area contributed by atoms with Gasteiger partial charge in [-0.1, -0.05) is 133 Å². The van der Waals surface area contributed by atoms with E-state index in [4.69, 9.17) is 0 Å². The molecule has 2 aromatic heterocycles. The molecule has 0 bridgehead atoms. The number of hydrogen-bond donors (Lipinski definition) is 1. The molecular formula is C51H38N2O2. The van der Waals surface area contributed by atoms with Gasteiger partial charge in [0, 0.05) is 36.0 Å². The summed E-state index contributed by atoms with van der Waals surface area (Å²) in [6.45, 7) is 1.52. The maximum Gasteiger partial charge on any atom is 0.163 e. The van der Waals surface area contributed by atoms with Crippen LogP contribution in [-0.2, 0) is 11.2 Å². The van der Waals surface area contributed by atoms with E-state index >= 15 is 0 Å². The Balaban J connectivity index is 1.27. The first-order valence-electron chi connectivity index (χ1n) is 18.4. The van der Waals surface area contributed by atoms with Gasteiger partial charge in [0.05, 0.1) is 17.1 Å². The number of aliphatic hydroxyl groups excluding tert-OH is 1. The number of hydrogen-bond acceptors (Lipinski definition) is 4. The fraction of sp³-hybridized carbons (Fsp3) is 0.0392. The zero-order valence-electron chi connectivity index (χ0n) is 30.4. The Bertz CT molecular complexity index is 2480. The van der Waals surface area contributed by atoms with Crippen molar-refractivity contribution >= 4 is 5.78 Å². The molecule has 55 heavy (non-hydrogen) atoms. The highest BCUT2D eigenvalue weighted by Crippen LogP contribution is 2.41. The average Bonchev–Trinajstić information content (AvgIpc) is 3.24. The normalized spacial score (nSPS) is 11.3. The highest BCUT2D eigenvalue weighted by molar-refractivity contribution is 5.95. The highest BCUT2D eigenvalue weighted by atomic mass is 16.3. The molecule has 0 radical (unpaired) electrons. The first-order chi connectivity index (χ1) is 27.0. The number of carbonyl (C=O) groups is 1. The van der Waals surface area contributed by atoms with Gasteiger partial charge in [-0.3, -0.25) is 14.8 Å². The van der Waals surface area contributed by atoms with E-state index < -0.39 is 0 Å². The Morgan fingerprint density at radius 2 is 0.818 bits per heavy atom. The number of pyridine rings is 2. The molecule has 4 heteroatoms.